The normalized spacial score (nSPS) is 19.5. The Morgan fingerprint density at radius 2 is 2.31 bits per heavy atom. The van der Waals surface area contributed by atoms with Crippen molar-refractivity contribution in [3.05, 3.63) is 24.0 Å². The smallest absolute Gasteiger partial charge is 0.265 e. The van der Waals surface area contributed by atoms with E-state index in [2.05, 4.69) is 4.98 Å². The standard InChI is InChI=1S/C11H12F2N2O/c12-11(13)3-1-5-15(8-11)10-6-14-4-2-9(10)7-16/h2,4,6-7H,1,3,5,8H2. The minimum absolute atomic E-state index is 0.0832. The van der Waals surface area contributed by atoms with E-state index < -0.39 is 5.92 Å². The van der Waals surface area contributed by atoms with Gasteiger partial charge < -0.3 is 4.90 Å². The van der Waals surface area contributed by atoms with E-state index in [0.717, 1.165) is 0 Å². The minimum atomic E-state index is -2.67. The number of hydrogen-bond donors (Lipinski definition) is 0. The molecule has 0 atom stereocenters. The number of carbonyl (C=O) groups excluding carboxylic acids is 1. The van der Waals surface area contributed by atoms with Crippen LogP contribution in [0, 0.1) is 0 Å². The summed E-state index contributed by atoms with van der Waals surface area (Å²) >= 11 is 0. The largest absolute Gasteiger partial charge is 0.364 e. The summed E-state index contributed by atoms with van der Waals surface area (Å²) in [4.78, 5) is 16.2. The van der Waals surface area contributed by atoms with E-state index in [1.54, 1.807) is 0 Å². The molecule has 0 saturated carbocycles. The molecule has 1 fully saturated rings. The van der Waals surface area contributed by atoms with Gasteiger partial charge in [0.1, 0.15) is 0 Å². The third-order valence-electron chi connectivity index (χ3n) is 2.69. The average Bonchev–Trinajstić information content (AvgIpc) is 2.27. The van der Waals surface area contributed by atoms with E-state index in [1.165, 1.54) is 23.4 Å². The Kier molecular flexibility index (Phi) is 2.85. The Labute approximate surface area is 92.1 Å². The molecule has 3 nitrogen and oxygen atoms in total. The number of pyridine rings is 1. The summed E-state index contributed by atoms with van der Waals surface area (Å²) in [6.45, 7) is 0.210. The predicted molar refractivity (Wildman–Crippen MR) is 56.0 cm³/mol. The molecule has 0 unspecified atom stereocenters. The van der Waals surface area contributed by atoms with Crippen LogP contribution in [0.4, 0.5) is 14.5 Å². The van der Waals surface area contributed by atoms with Crippen LogP contribution < -0.4 is 4.90 Å². The number of piperidine rings is 1. The van der Waals surface area contributed by atoms with Gasteiger partial charge >= 0.3 is 0 Å². The van der Waals surface area contributed by atoms with Gasteiger partial charge in [0.05, 0.1) is 18.4 Å². The first-order valence-corrected chi connectivity index (χ1v) is 5.14. The van der Waals surface area contributed by atoms with Crippen molar-refractivity contribution in [1.29, 1.82) is 0 Å². The molecule has 1 aliphatic rings. The minimum Gasteiger partial charge on any atom is -0.364 e. The van der Waals surface area contributed by atoms with Crippen LogP contribution in [0.25, 0.3) is 0 Å². The Hall–Kier alpha value is -1.52. The van der Waals surface area contributed by atoms with Crippen LogP contribution in [-0.2, 0) is 0 Å². The summed E-state index contributed by atoms with van der Waals surface area (Å²) in [5, 5.41) is 0. The molecule has 5 heteroatoms. The lowest BCUT2D eigenvalue weighted by Crippen LogP contribution is -2.43. The van der Waals surface area contributed by atoms with Crippen molar-refractivity contribution in [3.8, 4) is 0 Å². The molecule has 2 rings (SSSR count). The van der Waals surface area contributed by atoms with Crippen LogP contribution in [0.15, 0.2) is 18.5 Å². The first-order valence-electron chi connectivity index (χ1n) is 5.14. The van der Waals surface area contributed by atoms with Gasteiger partial charge in [0, 0.05) is 24.7 Å². The van der Waals surface area contributed by atoms with E-state index in [4.69, 9.17) is 0 Å². The molecule has 1 aliphatic heterocycles. The quantitative estimate of drug-likeness (QED) is 0.724. The van der Waals surface area contributed by atoms with Crippen molar-refractivity contribution in [3.63, 3.8) is 0 Å². The molecule has 0 radical (unpaired) electrons. The number of anilines is 1. The van der Waals surface area contributed by atoms with E-state index in [0.29, 0.717) is 30.5 Å². The summed E-state index contributed by atoms with van der Waals surface area (Å²) in [7, 11) is 0. The van der Waals surface area contributed by atoms with Crippen molar-refractivity contribution < 1.29 is 13.6 Å². The maximum absolute atomic E-state index is 13.2. The first kappa shape index (κ1) is 11.0. The van der Waals surface area contributed by atoms with Crippen LogP contribution in [0.3, 0.4) is 0 Å². The second kappa shape index (κ2) is 4.15. The molecule has 16 heavy (non-hydrogen) atoms. The molecular formula is C11H12F2N2O. The van der Waals surface area contributed by atoms with Gasteiger partial charge in [0.2, 0.25) is 0 Å². The maximum Gasteiger partial charge on any atom is 0.265 e. The molecule has 86 valence electrons. The zero-order valence-corrected chi connectivity index (χ0v) is 8.70. The zero-order chi connectivity index (χ0) is 11.6. The highest BCUT2D eigenvalue weighted by atomic mass is 19.3. The summed E-state index contributed by atoms with van der Waals surface area (Å²) in [5.41, 5.74) is 0.907. The molecular weight excluding hydrogens is 214 g/mol. The summed E-state index contributed by atoms with van der Waals surface area (Å²) < 4.78 is 26.5. The Balaban J connectivity index is 2.26. The van der Waals surface area contributed by atoms with E-state index in [-0.39, 0.29) is 13.0 Å². The molecule has 1 aromatic rings. The van der Waals surface area contributed by atoms with Gasteiger partial charge in [-0.05, 0) is 12.5 Å². The first-order chi connectivity index (χ1) is 7.62. The fraction of sp³-hybridized carbons (Fsp3) is 0.455. The molecule has 0 N–H and O–H groups in total. The number of carbonyl (C=O) groups is 1. The summed E-state index contributed by atoms with van der Waals surface area (Å²) in [6, 6.07) is 1.54. The summed E-state index contributed by atoms with van der Waals surface area (Å²) in [6.07, 6.45) is 3.96. The van der Waals surface area contributed by atoms with Crippen molar-refractivity contribution >= 4 is 12.0 Å². The van der Waals surface area contributed by atoms with Crippen LogP contribution in [0.5, 0.6) is 0 Å². The molecule has 0 amide bonds. The average molecular weight is 226 g/mol. The maximum atomic E-state index is 13.2. The number of halogens is 2. The lowest BCUT2D eigenvalue weighted by atomic mass is 10.1. The van der Waals surface area contributed by atoms with Gasteiger partial charge in [-0.1, -0.05) is 0 Å². The summed E-state index contributed by atoms with van der Waals surface area (Å²) in [5.74, 6) is -2.67. The second-order valence-electron chi connectivity index (χ2n) is 3.93. The lowest BCUT2D eigenvalue weighted by molar-refractivity contribution is -0.0117. The van der Waals surface area contributed by atoms with Crippen molar-refractivity contribution in [2.24, 2.45) is 0 Å². The predicted octanol–water partition coefficient (Wildman–Crippen LogP) is 2.13. The highest BCUT2D eigenvalue weighted by molar-refractivity contribution is 5.84. The fourth-order valence-electron chi connectivity index (χ4n) is 1.93. The van der Waals surface area contributed by atoms with Crippen LogP contribution in [0.2, 0.25) is 0 Å². The molecule has 0 aliphatic carbocycles. The van der Waals surface area contributed by atoms with Crippen LogP contribution in [-0.4, -0.2) is 30.3 Å². The van der Waals surface area contributed by atoms with Gasteiger partial charge in [-0.25, -0.2) is 8.78 Å². The molecule has 2 heterocycles. The van der Waals surface area contributed by atoms with E-state index >= 15 is 0 Å². The molecule has 0 aromatic carbocycles. The number of alkyl halides is 2. The van der Waals surface area contributed by atoms with Gasteiger partial charge in [-0.15, -0.1) is 0 Å². The topological polar surface area (TPSA) is 33.2 Å². The third kappa shape index (κ3) is 2.18. The Morgan fingerprint density at radius 3 is 3.00 bits per heavy atom. The second-order valence-corrected chi connectivity index (χ2v) is 3.93. The van der Waals surface area contributed by atoms with E-state index in [1.807, 2.05) is 0 Å². The van der Waals surface area contributed by atoms with Crippen molar-refractivity contribution in [1.82, 2.24) is 4.98 Å². The fourth-order valence-corrected chi connectivity index (χ4v) is 1.93. The third-order valence-corrected chi connectivity index (χ3v) is 2.69. The van der Waals surface area contributed by atoms with Crippen LogP contribution in [0.1, 0.15) is 23.2 Å². The number of rotatable bonds is 2. The van der Waals surface area contributed by atoms with Gasteiger partial charge in [0.15, 0.2) is 6.29 Å². The molecule has 1 saturated heterocycles. The van der Waals surface area contributed by atoms with Gasteiger partial charge in [-0.3, -0.25) is 9.78 Å². The highest BCUT2D eigenvalue weighted by Crippen LogP contribution is 2.30. The van der Waals surface area contributed by atoms with Gasteiger partial charge in [0.25, 0.3) is 5.92 Å². The number of aldehydes is 1. The van der Waals surface area contributed by atoms with Crippen molar-refractivity contribution in [2.75, 3.05) is 18.0 Å². The SMILES string of the molecule is O=Cc1ccncc1N1CCCC(F)(F)C1. The Bertz CT molecular complexity index is 395. The molecule has 0 bridgehead atoms. The highest BCUT2D eigenvalue weighted by Gasteiger charge is 2.35. The Morgan fingerprint density at radius 1 is 1.50 bits per heavy atom. The van der Waals surface area contributed by atoms with Crippen molar-refractivity contribution in [2.45, 2.75) is 18.8 Å². The number of aromatic nitrogens is 1. The zero-order valence-electron chi connectivity index (χ0n) is 8.70. The monoisotopic (exact) mass is 226 g/mol. The lowest BCUT2D eigenvalue weighted by Gasteiger charge is -2.34. The number of hydrogen-bond acceptors (Lipinski definition) is 3. The molecule has 1 aromatic heterocycles. The van der Waals surface area contributed by atoms with Crippen LogP contribution >= 0.6 is 0 Å². The van der Waals surface area contributed by atoms with Gasteiger partial charge in [-0.2, -0.15) is 0 Å². The number of nitrogens with zero attached hydrogens (tertiary/aromatic N) is 2. The van der Waals surface area contributed by atoms with E-state index in [9.17, 15) is 13.6 Å². The molecule has 0 spiro atoms.